The van der Waals surface area contributed by atoms with E-state index in [-0.39, 0.29) is 11.9 Å². The van der Waals surface area contributed by atoms with Crippen molar-refractivity contribution in [2.75, 3.05) is 6.54 Å². The molecule has 0 unspecified atom stereocenters. The molecule has 2 saturated carbocycles. The van der Waals surface area contributed by atoms with Gasteiger partial charge in [-0.2, -0.15) is 0 Å². The van der Waals surface area contributed by atoms with Gasteiger partial charge in [-0.25, -0.2) is 0 Å². The molecule has 0 radical (unpaired) electrons. The van der Waals surface area contributed by atoms with Crippen molar-refractivity contribution in [2.24, 2.45) is 17.6 Å². The van der Waals surface area contributed by atoms with Crippen LogP contribution in [0.5, 0.6) is 0 Å². The normalized spacial score (nSPS) is 22.6. The average molecular weight is 238 g/mol. The smallest absolute Gasteiger partial charge is 0.236 e. The van der Waals surface area contributed by atoms with Crippen LogP contribution >= 0.6 is 0 Å². The van der Waals surface area contributed by atoms with Crippen molar-refractivity contribution >= 4 is 5.91 Å². The maximum atomic E-state index is 11.7. The third kappa shape index (κ3) is 4.66. The van der Waals surface area contributed by atoms with Crippen molar-refractivity contribution in [2.45, 2.75) is 63.8 Å². The molecule has 98 valence electrons. The number of hydrogen-bond donors (Lipinski definition) is 2. The molecule has 0 aliphatic heterocycles. The minimum Gasteiger partial charge on any atom is -0.355 e. The second-order valence-electron chi connectivity index (χ2n) is 5.87. The Bertz CT molecular complexity index is 245. The topological polar surface area (TPSA) is 55.1 Å². The maximum Gasteiger partial charge on any atom is 0.236 e. The van der Waals surface area contributed by atoms with Gasteiger partial charge in [-0.15, -0.1) is 0 Å². The van der Waals surface area contributed by atoms with E-state index < -0.39 is 0 Å². The van der Waals surface area contributed by atoms with Gasteiger partial charge in [0.1, 0.15) is 0 Å². The summed E-state index contributed by atoms with van der Waals surface area (Å²) in [5.41, 5.74) is 5.85. The van der Waals surface area contributed by atoms with E-state index >= 15 is 0 Å². The van der Waals surface area contributed by atoms with Gasteiger partial charge in [-0.05, 0) is 31.1 Å². The van der Waals surface area contributed by atoms with Crippen molar-refractivity contribution in [1.29, 1.82) is 0 Å². The minimum atomic E-state index is -0.269. The van der Waals surface area contributed by atoms with Gasteiger partial charge < -0.3 is 11.1 Å². The van der Waals surface area contributed by atoms with Gasteiger partial charge in [-0.1, -0.05) is 38.5 Å². The Morgan fingerprint density at radius 1 is 1.18 bits per heavy atom. The summed E-state index contributed by atoms with van der Waals surface area (Å²) in [5.74, 6) is 1.71. The molecule has 0 bridgehead atoms. The van der Waals surface area contributed by atoms with Crippen molar-refractivity contribution in [3.8, 4) is 0 Å². The first-order chi connectivity index (χ1) is 8.25. The van der Waals surface area contributed by atoms with E-state index in [2.05, 4.69) is 5.32 Å². The molecule has 0 aromatic carbocycles. The SMILES string of the molecule is N[C@@H](CC1CC1)C(=O)NCCCC1CCCC1. The standard InChI is InChI=1S/C14H26N2O/c15-13(10-12-7-8-12)14(17)16-9-3-6-11-4-1-2-5-11/h11-13H,1-10,15H2,(H,16,17)/t13-/m0/s1. The van der Waals surface area contributed by atoms with Gasteiger partial charge in [0.05, 0.1) is 6.04 Å². The Hall–Kier alpha value is -0.570. The van der Waals surface area contributed by atoms with Crippen LogP contribution in [0, 0.1) is 11.8 Å². The molecule has 0 aromatic rings. The lowest BCUT2D eigenvalue weighted by Gasteiger charge is -2.13. The number of nitrogens with two attached hydrogens (primary N) is 1. The molecule has 3 nitrogen and oxygen atoms in total. The Balaban J connectivity index is 1.49. The van der Waals surface area contributed by atoms with Crippen LogP contribution in [0.1, 0.15) is 57.8 Å². The van der Waals surface area contributed by atoms with Gasteiger partial charge in [0.25, 0.3) is 0 Å². The molecule has 1 amide bonds. The zero-order chi connectivity index (χ0) is 12.1. The van der Waals surface area contributed by atoms with E-state index in [1.54, 1.807) is 0 Å². The molecule has 3 heteroatoms. The summed E-state index contributed by atoms with van der Waals surface area (Å²) >= 11 is 0. The van der Waals surface area contributed by atoms with E-state index in [9.17, 15) is 4.79 Å². The van der Waals surface area contributed by atoms with Crippen molar-refractivity contribution in [1.82, 2.24) is 5.32 Å². The van der Waals surface area contributed by atoms with E-state index in [1.807, 2.05) is 0 Å². The average Bonchev–Trinajstić information content (AvgIpc) is 2.97. The lowest BCUT2D eigenvalue weighted by molar-refractivity contribution is -0.122. The number of nitrogens with one attached hydrogen (secondary N) is 1. The largest absolute Gasteiger partial charge is 0.355 e. The predicted molar refractivity (Wildman–Crippen MR) is 69.5 cm³/mol. The monoisotopic (exact) mass is 238 g/mol. The lowest BCUT2D eigenvalue weighted by Crippen LogP contribution is -2.41. The number of hydrogen-bond acceptors (Lipinski definition) is 2. The lowest BCUT2D eigenvalue weighted by atomic mass is 10.0. The molecular weight excluding hydrogens is 212 g/mol. The van der Waals surface area contributed by atoms with E-state index in [1.165, 1.54) is 44.9 Å². The van der Waals surface area contributed by atoms with Gasteiger partial charge in [0.15, 0.2) is 0 Å². The number of amides is 1. The molecule has 17 heavy (non-hydrogen) atoms. The van der Waals surface area contributed by atoms with E-state index in [4.69, 9.17) is 5.73 Å². The fraction of sp³-hybridized carbons (Fsp3) is 0.929. The summed E-state index contributed by atoms with van der Waals surface area (Å²) < 4.78 is 0. The van der Waals surface area contributed by atoms with E-state index in [0.29, 0.717) is 0 Å². The Labute approximate surface area is 105 Å². The first kappa shape index (κ1) is 12.9. The summed E-state index contributed by atoms with van der Waals surface area (Å²) in [6.07, 6.45) is 11.4. The fourth-order valence-corrected chi connectivity index (χ4v) is 2.85. The van der Waals surface area contributed by atoms with Crippen LogP contribution in [0.15, 0.2) is 0 Å². The second-order valence-corrected chi connectivity index (χ2v) is 5.87. The van der Waals surface area contributed by atoms with Crippen molar-refractivity contribution in [3.63, 3.8) is 0 Å². The van der Waals surface area contributed by atoms with E-state index in [0.717, 1.165) is 31.2 Å². The maximum absolute atomic E-state index is 11.7. The highest BCUT2D eigenvalue weighted by molar-refractivity contribution is 5.81. The minimum absolute atomic E-state index is 0.0586. The molecule has 0 saturated heterocycles. The zero-order valence-electron chi connectivity index (χ0n) is 10.8. The third-order valence-electron chi connectivity index (χ3n) is 4.18. The summed E-state index contributed by atoms with van der Waals surface area (Å²) in [5, 5.41) is 2.98. The summed E-state index contributed by atoms with van der Waals surface area (Å²) in [7, 11) is 0. The molecule has 1 atom stereocenters. The first-order valence-electron chi connectivity index (χ1n) is 7.29. The number of carbonyl (C=O) groups is 1. The van der Waals surface area contributed by atoms with Gasteiger partial charge in [0.2, 0.25) is 5.91 Å². The predicted octanol–water partition coefficient (Wildman–Crippen LogP) is 2.20. The second kappa shape index (κ2) is 6.39. The molecule has 2 rings (SSSR count). The highest BCUT2D eigenvalue weighted by atomic mass is 16.2. The molecule has 0 spiro atoms. The number of carbonyl (C=O) groups excluding carboxylic acids is 1. The summed E-state index contributed by atoms with van der Waals surface area (Å²) in [6.45, 7) is 0.813. The van der Waals surface area contributed by atoms with Gasteiger partial charge in [-0.3, -0.25) is 4.79 Å². The molecule has 3 N–H and O–H groups in total. The summed E-state index contributed by atoms with van der Waals surface area (Å²) in [4.78, 5) is 11.7. The third-order valence-corrected chi connectivity index (χ3v) is 4.18. The van der Waals surface area contributed by atoms with Crippen LogP contribution in [0.2, 0.25) is 0 Å². The Kier molecular flexibility index (Phi) is 4.84. The molecule has 0 aromatic heterocycles. The highest BCUT2D eigenvalue weighted by Crippen LogP contribution is 2.33. The van der Waals surface area contributed by atoms with Crippen LogP contribution < -0.4 is 11.1 Å². The van der Waals surface area contributed by atoms with Crippen LogP contribution in [0.25, 0.3) is 0 Å². The Morgan fingerprint density at radius 3 is 2.53 bits per heavy atom. The molecule has 2 fully saturated rings. The summed E-state index contributed by atoms with van der Waals surface area (Å²) in [6, 6.07) is -0.269. The molecular formula is C14H26N2O. The fourth-order valence-electron chi connectivity index (χ4n) is 2.85. The highest BCUT2D eigenvalue weighted by Gasteiger charge is 2.26. The van der Waals surface area contributed by atoms with Gasteiger partial charge >= 0.3 is 0 Å². The quantitative estimate of drug-likeness (QED) is 0.668. The van der Waals surface area contributed by atoms with Crippen LogP contribution in [-0.4, -0.2) is 18.5 Å². The molecule has 2 aliphatic carbocycles. The first-order valence-corrected chi connectivity index (χ1v) is 7.29. The van der Waals surface area contributed by atoms with Crippen molar-refractivity contribution < 1.29 is 4.79 Å². The van der Waals surface area contributed by atoms with Crippen LogP contribution in [0.3, 0.4) is 0 Å². The zero-order valence-corrected chi connectivity index (χ0v) is 10.8. The van der Waals surface area contributed by atoms with Crippen LogP contribution in [-0.2, 0) is 4.79 Å². The molecule has 0 heterocycles. The van der Waals surface area contributed by atoms with Crippen LogP contribution in [0.4, 0.5) is 0 Å². The Morgan fingerprint density at radius 2 is 1.88 bits per heavy atom. The molecule has 2 aliphatic rings. The van der Waals surface area contributed by atoms with Gasteiger partial charge in [0, 0.05) is 6.54 Å². The number of rotatable bonds is 7. The van der Waals surface area contributed by atoms with Crippen molar-refractivity contribution in [3.05, 3.63) is 0 Å².